The number of ketones is 1. The lowest BCUT2D eigenvalue weighted by molar-refractivity contribution is -0.143. The van der Waals surface area contributed by atoms with Crippen LogP contribution in [0.2, 0.25) is 0 Å². The summed E-state index contributed by atoms with van der Waals surface area (Å²) in [7, 11) is 1.23. The van der Waals surface area contributed by atoms with Gasteiger partial charge in [-0.15, -0.1) is 0 Å². The van der Waals surface area contributed by atoms with E-state index in [4.69, 9.17) is 4.74 Å². The van der Waals surface area contributed by atoms with Crippen molar-refractivity contribution < 1.29 is 23.9 Å². The van der Waals surface area contributed by atoms with Crippen LogP contribution in [0.25, 0.3) is 0 Å². The minimum absolute atomic E-state index is 0.0155. The van der Waals surface area contributed by atoms with Crippen LogP contribution in [-0.2, 0) is 19.1 Å². The van der Waals surface area contributed by atoms with E-state index < -0.39 is 23.7 Å². The summed E-state index contributed by atoms with van der Waals surface area (Å²) in [5.74, 6) is -0.916. The second kappa shape index (κ2) is 8.31. The molecule has 0 fully saturated rings. The van der Waals surface area contributed by atoms with Crippen molar-refractivity contribution in [3.05, 3.63) is 35.9 Å². The van der Waals surface area contributed by atoms with Gasteiger partial charge >= 0.3 is 12.1 Å². The Balaban J connectivity index is 2.80. The first-order valence-electron chi connectivity index (χ1n) is 7.34. The normalized spacial score (nSPS) is 12.2. The third kappa shape index (κ3) is 7.44. The van der Waals surface area contributed by atoms with E-state index in [-0.39, 0.29) is 18.6 Å². The molecule has 1 aromatic rings. The standard InChI is InChI=1S/C17H23NO5/c1-17(2,3)23-16(21)18-14(12-8-6-5-7-9-12)10-13(19)11-15(20)22-4/h5-9,14H,10-11H2,1-4H3,(H,18,21). The van der Waals surface area contributed by atoms with Gasteiger partial charge in [-0.1, -0.05) is 30.3 Å². The summed E-state index contributed by atoms with van der Waals surface area (Å²) in [6.07, 6.45) is -0.953. The molecule has 1 N–H and O–H groups in total. The van der Waals surface area contributed by atoms with Gasteiger partial charge in [0.15, 0.2) is 0 Å². The minimum Gasteiger partial charge on any atom is -0.469 e. The number of esters is 1. The fourth-order valence-electron chi connectivity index (χ4n) is 1.92. The molecular formula is C17H23NO5. The van der Waals surface area contributed by atoms with Crippen molar-refractivity contribution >= 4 is 17.8 Å². The molecule has 23 heavy (non-hydrogen) atoms. The zero-order valence-electron chi connectivity index (χ0n) is 13.9. The van der Waals surface area contributed by atoms with Crippen molar-refractivity contribution in [3.63, 3.8) is 0 Å². The van der Waals surface area contributed by atoms with Gasteiger partial charge in [-0.25, -0.2) is 4.79 Å². The van der Waals surface area contributed by atoms with Crippen molar-refractivity contribution in [1.29, 1.82) is 0 Å². The van der Waals surface area contributed by atoms with E-state index in [1.807, 2.05) is 18.2 Å². The van der Waals surface area contributed by atoms with Crippen LogP contribution in [0.15, 0.2) is 30.3 Å². The first-order valence-corrected chi connectivity index (χ1v) is 7.34. The molecular weight excluding hydrogens is 298 g/mol. The first kappa shape index (κ1) is 18.7. The molecule has 1 atom stereocenters. The molecule has 1 aromatic carbocycles. The van der Waals surface area contributed by atoms with Crippen molar-refractivity contribution in [1.82, 2.24) is 5.32 Å². The number of alkyl carbamates (subject to hydrolysis) is 1. The molecule has 0 saturated carbocycles. The van der Waals surface area contributed by atoms with E-state index in [0.29, 0.717) is 0 Å². The van der Waals surface area contributed by atoms with E-state index in [1.165, 1.54) is 7.11 Å². The smallest absolute Gasteiger partial charge is 0.408 e. The van der Waals surface area contributed by atoms with Crippen LogP contribution in [0, 0.1) is 0 Å². The molecule has 1 amide bonds. The van der Waals surface area contributed by atoms with Crippen LogP contribution in [-0.4, -0.2) is 30.6 Å². The summed E-state index contributed by atoms with van der Waals surface area (Å²) < 4.78 is 9.70. The molecule has 0 spiro atoms. The lowest BCUT2D eigenvalue weighted by Gasteiger charge is -2.23. The molecule has 0 aromatic heterocycles. The van der Waals surface area contributed by atoms with Crippen molar-refractivity contribution in [2.45, 2.75) is 45.3 Å². The molecule has 0 aliphatic rings. The van der Waals surface area contributed by atoms with E-state index in [2.05, 4.69) is 10.1 Å². The van der Waals surface area contributed by atoms with Crippen molar-refractivity contribution in [2.24, 2.45) is 0 Å². The molecule has 1 unspecified atom stereocenters. The van der Waals surface area contributed by atoms with Crippen LogP contribution >= 0.6 is 0 Å². The Hall–Kier alpha value is -2.37. The molecule has 0 saturated heterocycles. The number of nitrogens with one attached hydrogen (secondary N) is 1. The number of rotatable bonds is 6. The Labute approximate surface area is 136 Å². The van der Waals surface area contributed by atoms with E-state index in [9.17, 15) is 14.4 Å². The number of hydrogen-bond acceptors (Lipinski definition) is 5. The van der Waals surface area contributed by atoms with Crippen molar-refractivity contribution in [3.8, 4) is 0 Å². The molecule has 0 heterocycles. The first-order chi connectivity index (χ1) is 10.7. The molecule has 0 radical (unpaired) electrons. The largest absolute Gasteiger partial charge is 0.469 e. The number of amides is 1. The minimum atomic E-state index is -0.638. The number of hydrogen-bond donors (Lipinski definition) is 1. The maximum absolute atomic E-state index is 12.0. The zero-order chi connectivity index (χ0) is 17.5. The van der Waals surface area contributed by atoms with Crippen LogP contribution in [0.4, 0.5) is 4.79 Å². The Morgan fingerprint density at radius 3 is 2.26 bits per heavy atom. The number of carbonyl (C=O) groups is 3. The molecule has 1 rings (SSSR count). The SMILES string of the molecule is COC(=O)CC(=O)CC(NC(=O)OC(C)(C)C)c1ccccc1. The molecule has 6 heteroatoms. The molecule has 0 bridgehead atoms. The second-order valence-electron chi connectivity index (χ2n) is 6.11. The summed E-state index contributed by atoms with van der Waals surface area (Å²) in [5.41, 5.74) is 0.123. The maximum atomic E-state index is 12.0. The van der Waals surface area contributed by atoms with E-state index >= 15 is 0 Å². The second-order valence-corrected chi connectivity index (χ2v) is 6.11. The summed E-state index contributed by atoms with van der Waals surface area (Å²) >= 11 is 0. The highest BCUT2D eigenvalue weighted by Crippen LogP contribution is 2.19. The number of methoxy groups -OCH3 is 1. The van der Waals surface area contributed by atoms with Gasteiger partial charge in [-0.3, -0.25) is 9.59 Å². The van der Waals surface area contributed by atoms with Gasteiger partial charge in [0.1, 0.15) is 17.8 Å². The van der Waals surface area contributed by atoms with Gasteiger partial charge in [0, 0.05) is 6.42 Å². The fourth-order valence-corrected chi connectivity index (χ4v) is 1.92. The average Bonchev–Trinajstić information content (AvgIpc) is 2.45. The summed E-state index contributed by atoms with van der Waals surface area (Å²) in [6.45, 7) is 5.27. The van der Waals surface area contributed by atoms with Crippen molar-refractivity contribution in [2.75, 3.05) is 7.11 Å². The number of carbonyl (C=O) groups excluding carboxylic acids is 3. The predicted octanol–water partition coefficient (Wildman–Crippen LogP) is 2.77. The van der Waals surface area contributed by atoms with Gasteiger partial charge in [0.2, 0.25) is 0 Å². The summed E-state index contributed by atoms with van der Waals surface area (Å²) in [6, 6.07) is 8.49. The van der Waals surface area contributed by atoms with Gasteiger partial charge in [-0.05, 0) is 26.3 Å². The highest BCUT2D eigenvalue weighted by atomic mass is 16.6. The number of ether oxygens (including phenoxy) is 2. The topological polar surface area (TPSA) is 81.7 Å². The summed E-state index contributed by atoms with van der Waals surface area (Å²) in [4.78, 5) is 35.1. The lowest BCUT2D eigenvalue weighted by atomic mass is 10.0. The van der Waals surface area contributed by atoms with Gasteiger partial charge in [0.25, 0.3) is 0 Å². The Morgan fingerprint density at radius 1 is 1.13 bits per heavy atom. The highest BCUT2D eigenvalue weighted by Gasteiger charge is 2.23. The zero-order valence-corrected chi connectivity index (χ0v) is 13.9. The molecule has 126 valence electrons. The lowest BCUT2D eigenvalue weighted by Crippen LogP contribution is -2.36. The molecule has 0 aliphatic carbocycles. The predicted molar refractivity (Wildman–Crippen MR) is 84.8 cm³/mol. The third-order valence-electron chi connectivity index (χ3n) is 2.89. The van der Waals surface area contributed by atoms with Gasteiger partial charge in [0.05, 0.1) is 13.2 Å². The fraction of sp³-hybridized carbons (Fsp3) is 0.471. The molecule has 0 aliphatic heterocycles. The molecule has 6 nitrogen and oxygen atoms in total. The Kier molecular flexibility index (Phi) is 6.75. The Bertz CT molecular complexity index is 548. The summed E-state index contributed by atoms with van der Waals surface area (Å²) in [5, 5.41) is 2.68. The maximum Gasteiger partial charge on any atom is 0.408 e. The van der Waals surface area contributed by atoms with E-state index in [0.717, 1.165) is 5.56 Å². The quantitative estimate of drug-likeness (QED) is 0.643. The van der Waals surface area contributed by atoms with Crippen LogP contribution in [0.5, 0.6) is 0 Å². The van der Waals surface area contributed by atoms with E-state index in [1.54, 1.807) is 32.9 Å². The van der Waals surface area contributed by atoms with Crippen LogP contribution in [0.3, 0.4) is 0 Å². The third-order valence-corrected chi connectivity index (χ3v) is 2.89. The highest BCUT2D eigenvalue weighted by molar-refractivity contribution is 5.95. The van der Waals surface area contributed by atoms with Crippen LogP contribution < -0.4 is 5.32 Å². The number of benzene rings is 1. The number of Topliss-reactive ketones (excluding diaryl/α,β-unsaturated/α-hetero) is 1. The van der Waals surface area contributed by atoms with Crippen LogP contribution in [0.1, 0.15) is 45.2 Å². The Morgan fingerprint density at radius 2 is 1.74 bits per heavy atom. The van der Waals surface area contributed by atoms with Gasteiger partial charge < -0.3 is 14.8 Å². The average molecular weight is 321 g/mol. The monoisotopic (exact) mass is 321 g/mol. The van der Waals surface area contributed by atoms with Gasteiger partial charge in [-0.2, -0.15) is 0 Å².